The summed E-state index contributed by atoms with van der Waals surface area (Å²) in [5.41, 5.74) is 0.879. The summed E-state index contributed by atoms with van der Waals surface area (Å²) in [7, 11) is 0. The van der Waals surface area contributed by atoms with E-state index in [2.05, 4.69) is 9.93 Å². The summed E-state index contributed by atoms with van der Waals surface area (Å²) in [4.78, 5) is 21.3. The molecule has 4 heteroatoms. The zero-order valence-corrected chi connectivity index (χ0v) is 11.5. The Morgan fingerprint density at radius 2 is 1.78 bits per heavy atom. The third kappa shape index (κ3) is 4.47. The van der Waals surface area contributed by atoms with Gasteiger partial charge in [0.1, 0.15) is 0 Å². The molecular weight excluding hydrogens is 232 g/mol. The number of rotatable bonds is 4. The van der Waals surface area contributed by atoms with Crippen LogP contribution in [0.25, 0.3) is 0 Å². The predicted octanol–water partition coefficient (Wildman–Crippen LogP) is 3.63. The molecule has 0 aromatic heterocycles. The van der Waals surface area contributed by atoms with Crippen molar-refractivity contribution in [1.29, 1.82) is 0 Å². The lowest BCUT2D eigenvalue weighted by Gasteiger charge is -2.16. The van der Waals surface area contributed by atoms with Crippen LogP contribution in [-0.4, -0.2) is 11.6 Å². The topological polar surface area (TPSA) is 44.8 Å². The second-order valence-corrected chi connectivity index (χ2v) is 5.38. The number of hydrogen-bond donors (Lipinski definition) is 0. The fourth-order valence-corrected chi connectivity index (χ4v) is 1.38. The summed E-state index contributed by atoms with van der Waals surface area (Å²) >= 11 is 0. The van der Waals surface area contributed by atoms with Crippen LogP contribution in [0.1, 0.15) is 56.5 Å². The van der Waals surface area contributed by atoms with Gasteiger partial charge < -0.3 is 0 Å². The van der Waals surface area contributed by atoms with Gasteiger partial charge in [0.05, 0.1) is 11.2 Å². The van der Waals surface area contributed by atoms with E-state index in [-0.39, 0.29) is 5.92 Å². The molecule has 0 radical (unpaired) electrons. The second kappa shape index (κ2) is 5.98. The Hall–Kier alpha value is -1.39. The van der Waals surface area contributed by atoms with Gasteiger partial charge in [0, 0.05) is 0 Å². The molecule has 0 spiro atoms. The predicted molar refractivity (Wildman–Crippen MR) is 67.9 cm³/mol. The molecule has 0 fully saturated rings. The SMILES string of the molecule is CC(C)c1ccccc1C(=O)OOOC(C)(C)C. The van der Waals surface area contributed by atoms with Crippen molar-refractivity contribution in [2.45, 2.75) is 46.1 Å². The molecule has 0 saturated heterocycles. The Morgan fingerprint density at radius 1 is 1.17 bits per heavy atom. The van der Waals surface area contributed by atoms with Crippen molar-refractivity contribution in [2.24, 2.45) is 0 Å². The van der Waals surface area contributed by atoms with Gasteiger partial charge in [-0.25, -0.2) is 4.79 Å². The molecule has 1 aromatic carbocycles. The molecule has 18 heavy (non-hydrogen) atoms. The van der Waals surface area contributed by atoms with Gasteiger partial charge in [-0.05, 0) is 43.4 Å². The van der Waals surface area contributed by atoms with Crippen LogP contribution in [0.2, 0.25) is 0 Å². The Balaban J connectivity index is 2.67. The van der Waals surface area contributed by atoms with Gasteiger partial charge in [0.2, 0.25) is 0 Å². The first-order valence-electron chi connectivity index (χ1n) is 5.97. The van der Waals surface area contributed by atoms with Gasteiger partial charge in [0.15, 0.2) is 0 Å². The van der Waals surface area contributed by atoms with E-state index < -0.39 is 11.6 Å². The van der Waals surface area contributed by atoms with Crippen molar-refractivity contribution >= 4 is 5.97 Å². The van der Waals surface area contributed by atoms with E-state index in [0.29, 0.717) is 5.56 Å². The molecule has 0 amide bonds. The van der Waals surface area contributed by atoms with E-state index in [1.807, 2.05) is 26.0 Å². The van der Waals surface area contributed by atoms with E-state index >= 15 is 0 Å². The Kier molecular flexibility index (Phi) is 4.87. The zero-order chi connectivity index (χ0) is 13.8. The van der Waals surface area contributed by atoms with Gasteiger partial charge >= 0.3 is 5.97 Å². The van der Waals surface area contributed by atoms with Crippen LogP contribution in [0, 0.1) is 0 Å². The highest BCUT2D eigenvalue weighted by Crippen LogP contribution is 2.20. The number of benzene rings is 1. The third-order valence-corrected chi connectivity index (χ3v) is 2.20. The van der Waals surface area contributed by atoms with Gasteiger partial charge in [-0.15, -0.1) is 0 Å². The fourth-order valence-electron chi connectivity index (χ4n) is 1.38. The highest BCUT2D eigenvalue weighted by Gasteiger charge is 2.18. The maximum absolute atomic E-state index is 11.8. The molecule has 1 rings (SSSR count). The summed E-state index contributed by atoms with van der Waals surface area (Å²) < 4.78 is 0. The Bertz CT molecular complexity index is 405. The monoisotopic (exact) mass is 252 g/mol. The van der Waals surface area contributed by atoms with E-state index in [1.165, 1.54) is 0 Å². The molecule has 0 aliphatic heterocycles. The first kappa shape index (κ1) is 14.7. The third-order valence-electron chi connectivity index (χ3n) is 2.20. The Morgan fingerprint density at radius 3 is 2.33 bits per heavy atom. The number of carbonyl (C=O) groups excluding carboxylic acids is 1. The molecular formula is C14H20O4. The van der Waals surface area contributed by atoms with E-state index in [0.717, 1.165) is 5.56 Å². The molecule has 0 unspecified atom stereocenters. The summed E-state index contributed by atoms with van der Waals surface area (Å²) in [5.74, 6) is -0.319. The van der Waals surface area contributed by atoms with E-state index in [4.69, 9.17) is 4.89 Å². The minimum atomic E-state index is -0.552. The molecule has 0 saturated carbocycles. The lowest BCUT2D eigenvalue weighted by Crippen LogP contribution is -2.21. The normalized spacial score (nSPS) is 11.7. The van der Waals surface area contributed by atoms with Crippen molar-refractivity contribution < 1.29 is 19.6 Å². The standard InChI is InChI=1S/C14H20O4/c1-10(2)11-8-6-7-9-12(11)13(15)16-18-17-14(3,4)5/h6-10H,1-5H3. The minimum absolute atomic E-state index is 0.234. The highest BCUT2D eigenvalue weighted by molar-refractivity contribution is 5.90. The van der Waals surface area contributed by atoms with E-state index in [9.17, 15) is 4.79 Å². The van der Waals surface area contributed by atoms with Crippen LogP contribution in [0.5, 0.6) is 0 Å². The van der Waals surface area contributed by atoms with Crippen molar-refractivity contribution in [3.63, 3.8) is 0 Å². The van der Waals surface area contributed by atoms with Crippen LogP contribution >= 0.6 is 0 Å². The summed E-state index contributed by atoms with van der Waals surface area (Å²) in [5, 5.41) is 4.50. The van der Waals surface area contributed by atoms with Gasteiger partial charge in [0.25, 0.3) is 0 Å². The lowest BCUT2D eigenvalue weighted by atomic mass is 9.97. The maximum Gasteiger partial charge on any atom is 0.376 e. The molecule has 4 nitrogen and oxygen atoms in total. The zero-order valence-electron chi connectivity index (χ0n) is 11.5. The molecule has 0 bridgehead atoms. The van der Waals surface area contributed by atoms with Crippen molar-refractivity contribution in [2.75, 3.05) is 0 Å². The maximum atomic E-state index is 11.8. The summed E-state index contributed by atoms with van der Waals surface area (Å²) in [6.07, 6.45) is 0. The molecule has 0 aliphatic carbocycles. The minimum Gasteiger partial charge on any atom is -0.263 e. The second-order valence-electron chi connectivity index (χ2n) is 5.38. The van der Waals surface area contributed by atoms with E-state index in [1.54, 1.807) is 32.9 Å². The lowest BCUT2D eigenvalue weighted by molar-refractivity contribution is -0.510. The van der Waals surface area contributed by atoms with Gasteiger partial charge in [-0.1, -0.05) is 32.0 Å². The first-order valence-corrected chi connectivity index (χ1v) is 5.97. The largest absolute Gasteiger partial charge is 0.376 e. The van der Waals surface area contributed by atoms with Crippen LogP contribution in [-0.2, 0) is 14.8 Å². The Labute approximate surface area is 108 Å². The fraction of sp³-hybridized carbons (Fsp3) is 0.500. The molecule has 0 atom stereocenters. The average molecular weight is 252 g/mol. The van der Waals surface area contributed by atoms with Crippen molar-refractivity contribution in [3.8, 4) is 0 Å². The van der Waals surface area contributed by atoms with Gasteiger partial charge in [-0.3, -0.25) is 4.89 Å². The molecule has 100 valence electrons. The number of carbonyl (C=O) groups is 1. The summed E-state index contributed by atoms with van der Waals surface area (Å²) in [6, 6.07) is 7.27. The number of hydrogen-bond acceptors (Lipinski definition) is 4. The van der Waals surface area contributed by atoms with Crippen LogP contribution in [0.15, 0.2) is 24.3 Å². The smallest absolute Gasteiger partial charge is 0.263 e. The van der Waals surface area contributed by atoms with Crippen LogP contribution in [0.4, 0.5) is 0 Å². The first-order chi connectivity index (χ1) is 8.31. The highest BCUT2D eigenvalue weighted by atomic mass is 17.5. The molecule has 0 aliphatic rings. The van der Waals surface area contributed by atoms with Gasteiger partial charge in [-0.2, -0.15) is 4.89 Å². The molecule has 0 heterocycles. The molecule has 1 aromatic rings. The van der Waals surface area contributed by atoms with Crippen LogP contribution < -0.4 is 0 Å². The van der Waals surface area contributed by atoms with Crippen molar-refractivity contribution in [3.05, 3.63) is 35.4 Å². The molecule has 0 N–H and O–H groups in total. The van der Waals surface area contributed by atoms with Crippen molar-refractivity contribution in [1.82, 2.24) is 0 Å². The quantitative estimate of drug-likeness (QED) is 0.606. The van der Waals surface area contributed by atoms with Crippen LogP contribution in [0.3, 0.4) is 0 Å². The average Bonchev–Trinajstić information content (AvgIpc) is 2.27. The summed E-state index contributed by atoms with van der Waals surface area (Å²) in [6.45, 7) is 9.41.